The van der Waals surface area contributed by atoms with Crippen LogP contribution in [-0.4, -0.2) is 28.8 Å². The Bertz CT molecular complexity index is 1060. The van der Waals surface area contributed by atoms with E-state index in [1.54, 1.807) is 0 Å². The molecule has 0 bridgehead atoms. The number of ether oxygens (including phenoxy) is 1. The maximum atomic E-state index is 14.3. The van der Waals surface area contributed by atoms with Crippen LogP contribution in [0.15, 0.2) is 21.3 Å². The largest absolute Gasteiger partial charge is 0.420 e. The van der Waals surface area contributed by atoms with Gasteiger partial charge in [0.1, 0.15) is 5.56 Å². The predicted octanol–water partition coefficient (Wildman–Crippen LogP) is 1.22. The summed E-state index contributed by atoms with van der Waals surface area (Å²) in [6.07, 6.45) is -0.318. The molecule has 1 aliphatic heterocycles. The van der Waals surface area contributed by atoms with E-state index in [0.717, 1.165) is 13.0 Å². The quantitative estimate of drug-likeness (QED) is 0.337. The van der Waals surface area contributed by atoms with Crippen LogP contribution in [-0.2, 0) is 19.2 Å². The molecule has 0 N–H and O–H groups in total. The second kappa shape index (κ2) is 6.59. The summed E-state index contributed by atoms with van der Waals surface area (Å²) < 4.78 is 37.3. The van der Waals surface area contributed by atoms with E-state index < -0.39 is 57.9 Å². The highest BCUT2D eigenvalue weighted by Gasteiger charge is 2.34. The standard InChI is InChI=1S/C16H9F2NO8/c1-6(20)25-14-9(17)5-7-4-8(15(23)26-13(7)12(14)18)16(24)27-19-10(21)2-3-11(19)22/h4-5H,2-3H2,1H3. The van der Waals surface area contributed by atoms with Crippen molar-refractivity contribution in [3.8, 4) is 5.75 Å². The van der Waals surface area contributed by atoms with Crippen molar-refractivity contribution in [2.24, 2.45) is 0 Å². The number of halogens is 2. The SMILES string of the molecule is CC(=O)Oc1c(F)cc2cc(C(=O)ON3C(=O)CCC3=O)c(=O)oc2c1F. The Labute approximate surface area is 148 Å². The van der Waals surface area contributed by atoms with Gasteiger partial charge in [-0.15, -0.1) is 5.06 Å². The fourth-order valence-corrected chi connectivity index (χ4v) is 2.34. The summed E-state index contributed by atoms with van der Waals surface area (Å²) in [5.41, 5.74) is -2.93. The number of amides is 2. The number of carbonyl (C=O) groups is 4. The number of rotatable bonds is 3. The first kappa shape index (κ1) is 18.2. The van der Waals surface area contributed by atoms with Crippen LogP contribution >= 0.6 is 0 Å². The second-order valence-electron chi connectivity index (χ2n) is 5.42. The van der Waals surface area contributed by atoms with Crippen molar-refractivity contribution in [1.82, 2.24) is 5.06 Å². The summed E-state index contributed by atoms with van der Waals surface area (Å²) in [7, 11) is 0. The molecule has 1 saturated heterocycles. The first-order valence-electron chi connectivity index (χ1n) is 7.41. The minimum atomic E-state index is -1.46. The van der Waals surface area contributed by atoms with E-state index in [1.807, 2.05) is 0 Å². The van der Waals surface area contributed by atoms with Gasteiger partial charge in [-0.25, -0.2) is 14.0 Å². The molecule has 1 fully saturated rings. The fourth-order valence-electron chi connectivity index (χ4n) is 2.34. The number of fused-ring (bicyclic) bond motifs is 1. The molecule has 2 aromatic rings. The number of carbonyl (C=O) groups excluding carboxylic acids is 4. The molecule has 0 radical (unpaired) electrons. The number of imide groups is 1. The molecule has 0 atom stereocenters. The van der Waals surface area contributed by atoms with Crippen molar-refractivity contribution in [3.63, 3.8) is 0 Å². The van der Waals surface area contributed by atoms with Crippen molar-refractivity contribution in [2.45, 2.75) is 19.8 Å². The fraction of sp³-hybridized carbons (Fsp3) is 0.188. The van der Waals surface area contributed by atoms with E-state index >= 15 is 0 Å². The summed E-state index contributed by atoms with van der Waals surface area (Å²) >= 11 is 0. The van der Waals surface area contributed by atoms with Crippen molar-refractivity contribution < 1.29 is 42.0 Å². The maximum Gasteiger partial charge on any atom is 0.371 e. The molecule has 1 aromatic carbocycles. The lowest BCUT2D eigenvalue weighted by Crippen LogP contribution is -2.33. The van der Waals surface area contributed by atoms with E-state index in [1.165, 1.54) is 0 Å². The number of benzene rings is 1. The Hall–Kier alpha value is -3.63. The normalized spacial score (nSPS) is 14.0. The topological polar surface area (TPSA) is 120 Å². The van der Waals surface area contributed by atoms with Gasteiger partial charge in [-0.2, -0.15) is 4.39 Å². The van der Waals surface area contributed by atoms with Gasteiger partial charge in [-0.1, -0.05) is 0 Å². The summed E-state index contributed by atoms with van der Waals surface area (Å²) in [5, 5.41) is -0.150. The van der Waals surface area contributed by atoms with E-state index in [4.69, 9.17) is 0 Å². The third kappa shape index (κ3) is 3.26. The number of hydrogen-bond donors (Lipinski definition) is 0. The lowest BCUT2D eigenvalue weighted by molar-refractivity contribution is -0.172. The Morgan fingerprint density at radius 2 is 1.74 bits per heavy atom. The highest BCUT2D eigenvalue weighted by Crippen LogP contribution is 2.30. The minimum Gasteiger partial charge on any atom is -0.420 e. The molecule has 1 aliphatic rings. The average molecular weight is 381 g/mol. The molecule has 9 nitrogen and oxygen atoms in total. The molecule has 2 heterocycles. The van der Waals surface area contributed by atoms with E-state index in [2.05, 4.69) is 14.0 Å². The predicted molar refractivity (Wildman–Crippen MR) is 80.2 cm³/mol. The lowest BCUT2D eigenvalue weighted by atomic mass is 10.1. The van der Waals surface area contributed by atoms with Crippen LogP contribution in [0.2, 0.25) is 0 Å². The maximum absolute atomic E-state index is 14.3. The summed E-state index contributed by atoms with van der Waals surface area (Å²) in [4.78, 5) is 62.4. The Morgan fingerprint density at radius 3 is 2.33 bits per heavy atom. The van der Waals surface area contributed by atoms with Crippen LogP contribution < -0.4 is 10.4 Å². The van der Waals surface area contributed by atoms with Gasteiger partial charge in [0.25, 0.3) is 11.8 Å². The highest BCUT2D eigenvalue weighted by atomic mass is 19.1. The Morgan fingerprint density at radius 1 is 1.11 bits per heavy atom. The monoisotopic (exact) mass is 381 g/mol. The lowest BCUT2D eigenvalue weighted by Gasteiger charge is -2.12. The summed E-state index contributed by atoms with van der Waals surface area (Å²) in [5.74, 6) is -7.78. The zero-order chi connectivity index (χ0) is 19.9. The third-order valence-corrected chi connectivity index (χ3v) is 3.52. The number of esters is 1. The zero-order valence-corrected chi connectivity index (χ0v) is 13.5. The molecule has 0 aliphatic carbocycles. The van der Waals surface area contributed by atoms with Crippen LogP contribution in [0.4, 0.5) is 8.78 Å². The van der Waals surface area contributed by atoms with Gasteiger partial charge < -0.3 is 14.0 Å². The van der Waals surface area contributed by atoms with E-state index in [0.29, 0.717) is 6.07 Å². The van der Waals surface area contributed by atoms with Crippen LogP contribution in [0.5, 0.6) is 5.75 Å². The molecule has 3 rings (SSSR count). The smallest absolute Gasteiger partial charge is 0.371 e. The molecule has 0 saturated carbocycles. The molecular formula is C16H9F2NO8. The van der Waals surface area contributed by atoms with Crippen LogP contribution in [0.25, 0.3) is 11.0 Å². The van der Waals surface area contributed by atoms with Gasteiger partial charge >= 0.3 is 17.6 Å². The third-order valence-electron chi connectivity index (χ3n) is 3.52. The molecule has 0 spiro atoms. The first-order chi connectivity index (χ1) is 12.7. The van der Waals surface area contributed by atoms with Crippen molar-refractivity contribution >= 4 is 34.7 Å². The van der Waals surface area contributed by atoms with Gasteiger partial charge in [-0.3, -0.25) is 14.4 Å². The van der Waals surface area contributed by atoms with E-state index in [-0.39, 0.29) is 23.3 Å². The Balaban J connectivity index is 2.03. The number of nitrogens with zero attached hydrogens (tertiary/aromatic N) is 1. The Kier molecular flexibility index (Phi) is 4.44. The average Bonchev–Trinajstić information content (AvgIpc) is 2.90. The van der Waals surface area contributed by atoms with Crippen LogP contribution in [0.1, 0.15) is 30.1 Å². The number of hydroxylamine groups is 2. The molecular weight excluding hydrogens is 372 g/mol. The van der Waals surface area contributed by atoms with Crippen LogP contribution in [0, 0.1) is 11.6 Å². The first-order valence-corrected chi connectivity index (χ1v) is 7.41. The van der Waals surface area contributed by atoms with Gasteiger partial charge in [0.2, 0.25) is 11.6 Å². The molecule has 0 unspecified atom stereocenters. The van der Waals surface area contributed by atoms with Gasteiger partial charge in [-0.05, 0) is 12.1 Å². The van der Waals surface area contributed by atoms with E-state index in [9.17, 15) is 32.8 Å². The number of hydrogen-bond acceptors (Lipinski definition) is 8. The van der Waals surface area contributed by atoms with Gasteiger partial charge in [0, 0.05) is 25.2 Å². The van der Waals surface area contributed by atoms with Gasteiger partial charge in [0.05, 0.1) is 0 Å². The second-order valence-corrected chi connectivity index (χ2v) is 5.42. The van der Waals surface area contributed by atoms with Crippen molar-refractivity contribution in [3.05, 3.63) is 39.8 Å². The summed E-state index contributed by atoms with van der Waals surface area (Å²) in [6.45, 7) is 0.916. The highest BCUT2D eigenvalue weighted by molar-refractivity contribution is 6.03. The summed E-state index contributed by atoms with van der Waals surface area (Å²) in [6, 6.07) is 1.43. The van der Waals surface area contributed by atoms with Crippen LogP contribution in [0.3, 0.4) is 0 Å². The molecule has 1 aromatic heterocycles. The molecule has 27 heavy (non-hydrogen) atoms. The van der Waals surface area contributed by atoms with Crippen molar-refractivity contribution in [1.29, 1.82) is 0 Å². The zero-order valence-electron chi connectivity index (χ0n) is 13.5. The minimum absolute atomic E-state index is 0.159. The molecule has 2 amide bonds. The molecule has 11 heteroatoms. The molecule has 140 valence electrons. The van der Waals surface area contributed by atoms with Crippen molar-refractivity contribution in [2.75, 3.05) is 0 Å². The van der Waals surface area contributed by atoms with Gasteiger partial charge in [0.15, 0.2) is 11.4 Å².